The Hall–Kier alpha value is -2.33. The fourth-order valence-electron chi connectivity index (χ4n) is 1.94. The van der Waals surface area contributed by atoms with Crippen LogP contribution in [0.1, 0.15) is 16.7 Å². The molecule has 0 spiro atoms. The Morgan fingerprint density at radius 1 is 1.00 bits per heavy atom. The van der Waals surface area contributed by atoms with E-state index in [2.05, 4.69) is 5.32 Å². The maximum atomic E-state index is 11.8. The molecule has 104 valence electrons. The highest BCUT2D eigenvalue weighted by Gasteiger charge is 2.05. The molecule has 3 N–H and O–H groups in total. The zero-order valence-corrected chi connectivity index (χ0v) is 11.0. The van der Waals surface area contributed by atoms with Gasteiger partial charge in [-0.1, -0.05) is 36.4 Å². The molecule has 4 nitrogen and oxygen atoms in total. The lowest BCUT2D eigenvalue weighted by molar-refractivity contribution is -0.120. The van der Waals surface area contributed by atoms with Crippen molar-refractivity contribution in [1.82, 2.24) is 5.32 Å². The minimum absolute atomic E-state index is 0.0377. The fourth-order valence-corrected chi connectivity index (χ4v) is 1.94. The van der Waals surface area contributed by atoms with Gasteiger partial charge in [0.15, 0.2) is 0 Å². The van der Waals surface area contributed by atoms with Crippen LogP contribution in [0.5, 0.6) is 5.75 Å². The number of rotatable bonds is 5. The Labute approximate surface area is 117 Å². The number of hydrogen-bond acceptors (Lipinski definition) is 3. The van der Waals surface area contributed by atoms with Gasteiger partial charge in [-0.3, -0.25) is 4.79 Å². The highest BCUT2D eigenvalue weighted by molar-refractivity contribution is 5.78. The molecule has 0 saturated carbocycles. The number of hydrogen-bond donors (Lipinski definition) is 3. The van der Waals surface area contributed by atoms with Crippen LogP contribution in [0.3, 0.4) is 0 Å². The summed E-state index contributed by atoms with van der Waals surface area (Å²) in [6.07, 6.45) is 0.265. The zero-order valence-electron chi connectivity index (χ0n) is 11.0. The van der Waals surface area contributed by atoms with Crippen LogP contribution < -0.4 is 5.32 Å². The van der Waals surface area contributed by atoms with Crippen LogP contribution in [0.15, 0.2) is 48.5 Å². The Kier molecular flexibility index (Phi) is 4.74. The number of amides is 1. The number of carbonyl (C=O) groups is 1. The molecule has 0 atom stereocenters. The summed E-state index contributed by atoms with van der Waals surface area (Å²) in [7, 11) is 0. The van der Waals surface area contributed by atoms with E-state index in [1.54, 1.807) is 24.3 Å². The second kappa shape index (κ2) is 6.73. The fraction of sp³-hybridized carbons (Fsp3) is 0.188. The molecule has 2 rings (SSSR count). The third-order valence-electron chi connectivity index (χ3n) is 3.07. The summed E-state index contributed by atoms with van der Waals surface area (Å²) in [6, 6.07) is 14.0. The van der Waals surface area contributed by atoms with E-state index in [9.17, 15) is 15.0 Å². The van der Waals surface area contributed by atoms with Crippen LogP contribution in [0.25, 0.3) is 0 Å². The molecule has 0 saturated heterocycles. The predicted molar refractivity (Wildman–Crippen MR) is 76.0 cm³/mol. The molecule has 0 fully saturated rings. The van der Waals surface area contributed by atoms with E-state index in [4.69, 9.17) is 0 Å². The highest BCUT2D eigenvalue weighted by Crippen LogP contribution is 2.11. The Balaban J connectivity index is 1.90. The van der Waals surface area contributed by atoms with Gasteiger partial charge in [-0.25, -0.2) is 0 Å². The largest absolute Gasteiger partial charge is 0.508 e. The Morgan fingerprint density at radius 2 is 1.65 bits per heavy atom. The molecule has 0 aliphatic heterocycles. The van der Waals surface area contributed by atoms with Crippen molar-refractivity contribution in [2.24, 2.45) is 0 Å². The molecule has 0 heterocycles. The summed E-state index contributed by atoms with van der Waals surface area (Å²) >= 11 is 0. The minimum atomic E-state index is -0.0940. The average Bonchev–Trinajstić information content (AvgIpc) is 2.48. The third kappa shape index (κ3) is 3.83. The smallest absolute Gasteiger partial charge is 0.224 e. The molecular weight excluding hydrogens is 254 g/mol. The number of carbonyl (C=O) groups excluding carboxylic acids is 1. The first-order chi connectivity index (χ1) is 9.69. The first kappa shape index (κ1) is 14.1. The van der Waals surface area contributed by atoms with Gasteiger partial charge >= 0.3 is 0 Å². The minimum Gasteiger partial charge on any atom is -0.508 e. The van der Waals surface area contributed by atoms with Gasteiger partial charge in [0.1, 0.15) is 5.75 Å². The van der Waals surface area contributed by atoms with Gasteiger partial charge < -0.3 is 15.5 Å². The monoisotopic (exact) mass is 271 g/mol. The lowest BCUT2D eigenvalue weighted by atomic mass is 10.1. The SMILES string of the molecule is O=C(Cc1ccc(O)cc1)NCc1ccccc1CO. The second-order valence-corrected chi connectivity index (χ2v) is 4.55. The molecule has 20 heavy (non-hydrogen) atoms. The van der Waals surface area contributed by atoms with Gasteiger partial charge in [0.05, 0.1) is 13.0 Å². The molecule has 2 aromatic rings. The molecule has 0 aromatic heterocycles. The molecule has 0 bridgehead atoms. The van der Waals surface area contributed by atoms with Crippen LogP contribution in [0.4, 0.5) is 0 Å². The van der Waals surface area contributed by atoms with Crippen molar-refractivity contribution in [1.29, 1.82) is 0 Å². The lowest BCUT2D eigenvalue weighted by Gasteiger charge is -2.09. The topological polar surface area (TPSA) is 69.6 Å². The number of aliphatic hydroxyl groups is 1. The number of phenolic OH excluding ortho intramolecular Hbond substituents is 1. The van der Waals surface area contributed by atoms with E-state index in [1.165, 1.54) is 0 Å². The van der Waals surface area contributed by atoms with Crippen molar-refractivity contribution >= 4 is 5.91 Å². The molecule has 0 unspecified atom stereocenters. The van der Waals surface area contributed by atoms with E-state index in [0.29, 0.717) is 6.54 Å². The number of aliphatic hydroxyl groups excluding tert-OH is 1. The van der Waals surface area contributed by atoms with Gasteiger partial charge in [-0.2, -0.15) is 0 Å². The van der Waals surface area contributed by atoms with Crippen molar-refractivity contribution in [3.63, 3.8) is 0 Å². The van der Waals surface area contributed by atoms with E-state index in [0.717, 1.165) is 16.7 Å². The maximum Gasteiger partial charge on any atom is 0.224 e. The standard InChI is InChI=1S/C16H17NO3/c18-11-14-4-2-1-3-13(14)10-17-16(20)9-12-5-7-15(19)8-6-12/h1-8,18-19H,9-11H2,(H,17,20). The summed E-state index contributed by atoms with van der Waals surface area (Å²) < 4.78 is 0. The summed E-state index contributed by atoms with van der Waals surface area (Å²) in [5, 5.41) is 21.2. The highest BCUT2D eigenvalue weighted by atomic mass is 16.3. The molecule has 1 amide bonds. The summed E-state index contributed by atoms with van der Waals surface area (Å²) in [5.41, 5.74) is 2.57. The van der Waals surface area contributed by atoms with Gasteiger partial charge in [0.25, 0.3) is 0 Å². The summed E-state index contributed by atoms with van der Waals surface area (Å²) in [4.78, 5) is 11.8. The van der Waals surface area contributed by atoms with Crippen molar-refractivity contribution in [3.05, 3.63) is 65.2 Å². The number of phenols is 1. The molecular formula is C16H17NO3. The van der Waals surface area contributed by atoms with Crippen LogP contribution in [0, 0.1) is 0 Å². The molecule has 2 aromatic carbocycles. The summed E-state index contributed by atoms with van der Waals surface area (Å²) in [5.74, 6) is 0.0921. The zero-order chi connectivity index (χ0) is 14.4. The second-order valence-electron chi connectivity index (χ2n) is 4.55. The van der Waals surface area contributed by atoms with Crippen molar-refractivity contribution in [2.45, 2.75) is 19.6 Å². The number of aromatic hydroxyl groups is 1. The van der Waals surface area contributed by atoms with Gasteiger partial charge in [0.2, 0.25) is 5.91 Å². The van der Waals surface area contributed by atoms with Crippen LogP contribution in [-0.2, 0) is 24.4 Å². The van der Waals surface area contributed by atoms with Crippen molar-refractivity contribution in [2.75, 3.05) is 0 Å². The maximum absolute atomic E-state index is 11.8. The summed E-state index contributed by atoms with van der Waals surface area (Å²) in [6.45, 7) is 0.359. The first-order valence-corrected chi connectivity index (χ1v) is 6.41. The van der Waals surface area contributed by atoms with Crippen molar-refractivity contribution < 1.29 is 15.0 Å². The lowest BCUT2D eigenvalue weighted by Crippen LogP contribution is -2.25. The predicted octanol–water partition coefficient (Wildman–Crippen LogP) is 1.74. The van der Waals surface area contributed by atoms with E-state index in [-0.39, 0.29) is 24.7 Å². The van der Waals surface area contributed by atoms with Crippen LogP contribution in [0.2, 0.25) is 0 Å². The average molecular weight is 271 g/mol. The third-order valence-corrected chi connectivity index (χ3v) is 3.07. The van der Waals surface area contributed by atoms with Crippen LogP contribution >= 0.6 is 0 Å². The molecule has 4 heteroatoms. The van der Waals surface area contributed by atoms with Crippen LogP contribution in [-0.4, -0.2) is 16.1 Å². The van der Waals surface area contributed by atoms with E-state index >= 15 is 0 Å². The number of nitrogens with one attached hydrogen (secondary N) is 1. The van der Waals surface area contributed by atoms with Gasteiger partial charge in [-0.15, -0.1) is 0 Å². The van der Waals surface area contributed by atoms with Gasteiger partial charge in [0, 0.05) is 6.54 Å². The molecule has 0 aliphatic rings. The quantitative estimate of drug-likeness (QED) is 0.776. The molecule has 0 radical (unpaired) electrons. The number of benzene rings is 2. The Morgan fingerprint density at radius 3 is 2.30 bits per heavy atom. The van der Waals surface area contributed by atoms with Gasteiger partial charge in [-0.05, 0) is 28.8 Å². The van der Waals surface area contributed by atoms with Crippen molar-refractivity contribution in [3.8, 4) is 5.75 Å². The Bertz CT molecular complexity index is 579. The first-order valence-electron chi connectivity index (χ1n) is 6.41. The van der Waals surface area contributed by atoms with E-state index < -0.39 is 0 Å². The molecule has 0 aliphatic carbocycles. The van der Waals surface area contributed by atoms with E-state index in [1.807, 2.05) is 24.3 Å². The normalized spacial score (nSPS) is 10.2.